The highest BCUT2D eigenvalue weighted by molar-refractivity contribution is 7.93. The van der Waals surface area contributed by atoms with Crippen molar-refractivity contribution in [1.29, 1.82) is 0 Å². The predicted molar refractivity (Wildman–Crippen MR) is 164 cm³/mol. The Kier molecular flexibility index (Phi) is 9.01. The normalized spacial score (nSPS) is 12.6. The SMILES string of the molecule is COc1ccc(NS(=O)(=O)c2ccc(NC(=O)CN(c3ccc(F)cc3)S(=O)(=O)c3ccc4c(c3)OCCO4)cc2)c(OC)c1. The Morgan fingerprint density at radius 3 is 2.16 bits per heavy atom. The number of hydrogen-bond donors (Lipinski definition) is 2. The van der Waals surface area contributed by atoms with Crippen molar-refractivity contribution in [2.45, 2.75) is 9.79 Å². The maximum atomic E-state index is 13.7. The molecule has 4 aromatic rings. The number of anilines is 3. The van der Waals surface area contributed by atoms with E-state index in [-0.39, 0.29) is 45.0 Å². The second-order valence-corrected chi connectivity index (χ2v) is 13.1. The summed E-state index contributed by atoms with van der Waals surface area (Å²) in [5, 5.41) is 2.57. The number of carbonyl (C=O) groups excluding carboxylic acids is 1. The van der Waals surface area contributed by atoms with Gasteiger partial charge in [0.05, 0.1) is 35.4 Å². The number of methoxy groups -OCH3 is 2. The summed E-state index contributed by atoms with van der Waals surface area (Å²) in [5.74, 6) is 0.0218. The molecular weight excluding hydrogens is 629 g/mol. The lowest BCUT2D eigenvalue weighted by Gasteiger charge is -2.25. The molecule has 0 radical (unpaired) electrons. The van der Waals surface area contributed by atoms with Crippen molar-refractivity contribution in [2.24, 2.45) is 0 Å². The Morgan fingerprint density at radius 1 is 0.822 bits per heavy atom. The van der Waals surface area contributed by atoms with E-state index in [1.54, 1.807) is 6.07 Å². The van der Waals surface area contributed by atoms with E-state index in [1.165, 1.54) is 80.9 Å². The number of carbonyl (C=O) groups is 1. The Labute approximate surface area is 259 Å². The number of fused-ring (bicyclic) bond motifs is 1. The maximum absolute atomic E-state index is 13.7. The minimum Gasteiger partial charge on any atom is -0.497 e. The van der Waals surface area contributed by atoms with E-state index in [2.05, 4.69) is 10.0 Å². The fourth-order valence-corrected chi connectivity index (χ4v) is 6.88. The topological polar surface area (TPSA) is 150 Å². The molecule has 0 aliphatic carbocycles. The van der Waals surface area contributed by atoms with Gasteiger partial charge < -0.3 is 24.3 Å². The Balaban J connectivity index is 1.34. The van der Waals surface area contributed by atoms with Crippen LogP contribution >= 0.6 is 0 Å². The fourth-order valence-electron chi connectivity index (χ4n) is 4.37. The van der Waals surface area contributed by atoms with E-state index >= 15 is 0 Å². The third-order valence-corrected chi connectivity index (χ3v) is 9.76. The van der Waals surface area contributed by atoms with Gasteiger partial charge in [-0.1, -0.05) is 0 Å². The minimum absolute atomic E-state index is 0.0444. The van der Waals surface area contributed by atoms with Crippen LogP contribution in [0.5, 0.6) is 23.0 Å². The molecule has 0 atom stereocenters. The van der Waals surface area contributed by atoms with Gasteiger partial charge in [-0.3, -0.25) is 13.8 Å². The smallest absolute Gasteiger partial charge is 0.264 e. The summed E-state index contributed by atoms with van der Waals surface area (Å²) in [6.07, 6.45) is 0. The molecule has 0 unspecified atom stereocenters. The van der Waals surface area contributed by atoms with Gasteiger partial charge in [0, 0.05) is 17.8 Å². The summed E-state index contributed by atoms with van der Waals surface area (Å²) in [6, 6.07) is 18.6. The summed E-state index contributed by atoms with van der Waals surface area (Å²) in [4.78, 5) is 12.9. The molecule has 5 rings (SSSR count). The lowest BCUT2D eigenvalue weighted by Crippen LogP contribution is -2.38. The second-order valence-electron chi connectivity index (χ2n) is 9.54. The van der Waals surface area contributed by atoms with Gasteiger partial charge in [0.25, 0.3) is 20.0 Å². The summed E-state index contributed by atoms with van der Waals surface area (Å²) < 4.78 is 91.8. The first-order valence-electron chi connectivity index (χ1n) is 13.3. The molecule has 4 aromatic carbocycles. The van der Waals surface area contributed by atoms with E-state index < -0.39 is 38.3 Å². The largest absolute Gasteiger partial charge is 0.497 e. The number of ether oxygens (including phenoxy) is 4. The molecular formula is C30H28FN3O9S2. The Hall–Kier alpha value is -5.02. The number of hydrogen-bond acceptors (Lipinski definition) is 9. The van der Waals surface area contributed by atoms with Crippen molar-refractivity contribution in [2.75, 3.05) is 48.3 Å². The first kappa shape index (κ1) is 31.4. The molecule has 1 aliphatic heterocycles. The van der Waals surface area contributed by atoms with E-state index in [9.17, 15) is 26.0 Å². The van der Waals surface area contributed by atoms with E-state index in [0.717, 1.165) is 16.4 Å². The molecule has 1 heterocycles. The fraction of sp³-hybridized carbons (Fsp3) is 0.167. The zero-order valence-corrected chi connectivity index (χ0v) is 25.7. The molecule has 2 N–H and O–H groups in total. The molecule has 0 aromatic heterocycles. The van der Waals surface area contributed by atoms with Crippen molar-refractivity contribution < 1.29 is 45.0 Å². The maximum Gasteiger partial charge on any atom is 0.264 e. The number of nitrogens with zero attached hydrogens (tertiary/aromatic N) is 1. The van der Waals surface area contributed by atoms with Crippen LogP contribution in [-0.2, 0) is 24.8 Å². The molecule has 0 fully saturated rings. The van der Waals surface area contributed by atoms with Gasteiger partial charge in [0.1, 0.15) is 37.1 Å². The third-order valence-electron chi connectivity index (χ3n) is 6.60. The van der Waals surface area contributed by atoms with E-state index in [0.29, 0.717) is 18.1 Å². The molecule has 0 spiro atoms. The van der Waals surface area contributed by atoms with Crippen molar-refractivity contribution in [3.05, 3.63) is 90.7 Å². The molecule has 45 heavy (non-hydrogen) atoms. The van der Waals surface area contributed by atoms with Crippen molar-refractivity contribution >= 4 is 43.0 Å². The quantitative estimate of drug-likeness (QED) is 0.241. The molecule has 236 valence electrons. The average molecular weight is 658 g/mol. The highest BCUT2D eigenvalue weighted by Crippen LogP contribution is 2.35. The van der Waals surface area contributed by atoms with Crippen molar-refractivity contribution in [3.63, 3.8) is 0 Å². The summed E-state index contributed by atoms with van der Waals surface area (Å²) in [7, 11) is -5.53. The highest BCUT2D eigenvalue weighted by atomic mass is 32.2. The number of amides is 1. The van der Waals surface area contributed by atoms with E-state index in [4.69, 9.17) is 18.9 Å². The lowest BCUT2D eigenvalue weighted by atomic mass is 10.3. The first-order valence-corrected chi connectivity index (χ1v) is 16.3. The molecule has 0 saturated carbocycles. The van der Waals surface area contributed by atoms with Gasteiger partial charge in [-0.2, -0.15) is 0 Å². The van der Waals surface area contributed by atoms with Gasteiger partial charge in [0.2, 0.25) is 5.91 Å². The second kappa shape index (κ2) is 12.9. The molecule has 0 saturated heterocycles. The summed E-state index contributed by atoms with van der Waals surface area (Å²) in [5.41, 5.74) is 0.440. The van der Waals surface area contributed by atoms with Gasteiger partial charge in [-0.25, -0.2) is 21.2 Å². The zero-order chi connectivity index (χ0) is 32.2. The predicted octanol–water partition coefficient (Wildman–Crippen LogP) is 4.25. The van der Waals surface area contributed by atoms with Gasteiger partial charge in [-0.05, 0) is 72.8 Å². The Bertz CT molecular complexity index is 1920. The molecule has 1 aliphatic rings. The van der Waals surface area contributed by atoms with Crippen molar-refractivity contribution in [1.82, 2.24) is 0 Å². The monoisotopic (exact) mass is 657 g/mol. The highest BCUT2D eigenvalue weighted by Gasteiger charge is 2.29. The lowest BCUT2D eigenvalue weighted by molar-refractivity contribution is -0.114. The van der Waals surface area contributed by atoms with Crippen LogP contribution in [0.4, 0.5) is 21.5 Å². The van der Waals surface area contributed by atoms with Crippen LogP contribution in [0.15, 0.2) is 94.7 Å². The van der Waals surface area contributed by atoms with Crippen molar-refractivity contribution in [3.8, 4) is 23.0 Å². The average Bonchev–Trinajstić information content (AvgIpc) is 3.04. The molecule has 0 bridgehead atoms. The summed E-state index contributed by atoms with van der Waals surface area (Å²) >= 11 is 0. The Morgan fingerprint density at radius 2 is 1.49 bits per heavy atom. The number of benzene rings is 4. The standard InChI is InChI=1S/C30H28FN3O9S2/c1-40-23-9-13-26(28(17-23)41-2)33-44(36,37)24-10-5-21(6-11-24)32-30(35)19-34(22-7-3-20(31)4-8-22)45(38,39)25-12-14-27-29(18-25)43-16-15-42-27/h3-14,17-18,33H,15-16,19H2,1-2H3,(H,32,35). The molecule has 15 heteroatoms. The van der Waals surface area contributed by atoms with Crippen LogP contribution in [0.2, 0.25) is 0 Å². The van der Waals surface area contributed by atoms with Crippen LogP contribution in [0, 0.1) is 5.82 Å². The molecule has 1 amide bonds. The molecule has 12 nitrogen and oxygen atoms in total. The van der Waals surface area contributed by atoms with Gasteiger partial charge >= 0.3 is 0 Å². The van der Waals surface area contributed by atoms with Crippen LogP contribution in [0.3, 0.4) is 0 Å². The zero-order valence-electron chi connectivity index (χ0n) is 24.0. The van der Waals surface area contributed by atoms with Crippen LogP contribution in [0.25, 0.3) is 0 Å². The first-order chi connectivity index (χ1) is 21.5. The minimum atomic E-state index is -4.35. The number of rotatable bonds is 11. The van der Waals surface area contributed by atoms with Crippen LogP contribution in [-0.4, -0.2) is 56.7 Å². The van der Waals surface area contributed by atoms with Gasteiger partial charge in [0.15, 0.2) is 11.5 Å². The number of sulfonamides is 2. The van der Waals surface area contributed by atoms with Gasteiger partial charge in [-0.15, -0.1) is 0 Å². The third kappa shape index (κ3) is 7.05. The van der Waals surface area contributed by atoms with Crippen LogP contribution < -0.4 is 33.3 Å². The number of halogens is 1. The van der Waals surface area contributed by atoms with E-state index in [1.807, 2.05) is 0 Å². The summed E-state index contributed by atoms with van der Waals surface area (Å²) in [6.45, 7) is -0.116. The van der Waals surface area contributed by atoms with Crippen LogP contribution in [0.1, 0.15) is 0 Å². The number of nitrogens with one attached hydrogen (secondary N) is 2.